The molecular weight excluding hydrogens is 160 g/mol. The third-order valence-corrected chi connectivity index (χ3v) is 3.05. The van der Waals surface area contributed by atoms with Crippen molar-refractivity contribution in [3.05, 3.63) is 0 Å². The molecule has 0 saturated carbocycles. The van der Waals surface area contributed by atoms with Crippen molar-refractivity contribution in [2.75, 3.05) is 6.54 Å². The van der Waals surface area contributed by atoms with Gasteiger partial charge in [-0.2, -0.15) is 5.26 Å². The van der Waals surface area contributed by atoms with Crippen LogP contribution < -0.4 is 0 Å². The lowest BCUT2D eigenvalue weighted by Gasteiger charge is -2.46. The van der Waals surface area contributed by atoms with Crippen LogP contribution in [-0.2, 0) is 0 Å². The molecule has 74 valence electrons. The summed E-state index contributed by atoms with van der Waals surface area (Å²) in [6, 6.07) is 2.98. The minimum Gasteiger partial charge on any atom is -0.296 e. The van der Waals surface area contributed by atoms with Crippen LogP contribution in [0.1, 0.15) is 40.5 Å². The first kappa shape index (κ1) is 10.5. The van der Waals surface area contributed by atoms with Gasteiger partial charge >= 0.3 is 0 Å². The maximum Gasteiger partial charge on any atom is 0.0657 e. The van der Waals surface area contributed by atoms with Gasteiger partial charge in [-0.15, -0.1) is 0 Å². The molecule has 0 aromatic carbocycles. The Morgan fingerprint density at radius 3 is 2.46 bits per heavy atom. The van der Waals surface area contributed by atoms with Crippen LogP contribution in [0.2, 0.25) is 0 Å². The average molecular weight is 180 g/mol. The SMILES string of the molecule is CC(C)N1CCC(C#N)CC1(C)C. The molecule has 1 aliphatic heterocycles. The van der Waals surface area contributed by atoms with E-state index in [-0.39, 0.29) is 11.5 Å². The summed E-state index contributed by atoms with van der Waals surface area (Å²) in [5.41, 5.74) is 0.201. The summed E-state index contributed by atoms with van der Waals surface area (Å²) in [5.74, 6) is 0.269. The summed E-state index contributed by atoms with van der Waals surface area (Å²) in [6.07, 6.45) is 2.06. The van der Waals surface area contributed by atoms with Gasteiger partial charge in [0.05, 0.1) is 6.07 Å². The first-order valence-corrected chi connectivity index (χ1v) is 5.14. The zero-order valence-corrected chi connectivity index (χ0v) is 9.17. The van der Waals surface area contributed by atoms with Gasteiger partial charge in [-0.25, -0.2) is 0 Å². The highest BCUT2D eigenvalue weighted by Crippen LogP contribution is 2.32. The standard InChI is InChI=1S/C11H20N2/c1-9(2)13-6-5-10(8-12)7-11(13,3)4/h9-10H,5-7H2,1-4H3. The van der Waals surface area contributed by atoms with E-state index < -0.39 is 0 Å². The average Bonchev–Trinajstić information content (AvgIpc) is 2.01. The van der Waals surface area contributed by atoms with Crippen LogP contribution in [0.25, 0.3) is 0 Å². The molecule has 0 bridgehead atoms. The molecule has 0 radical (unpaired) electrons. The molecule has 0 aromatic heterocycles. The Labute approximate surface area is 81.5 Å². The summed E-state index contributed by atoms with van der Waals surface area (Å²) in [6.45, 7) is 10.0. The van der Waals surface area contributed by atoms with E-state index >= 15 is 0 Å². The second-order valence-corrected chi connectivity index (χ2v) is 4.92. The van der Waals surface area contributed by atoms with Crippen LogP contribution in [0.3, 0.4) is 0 Å². The minimum atomic E-state index is 0.201. The zero-order valence-electron chi connectivity index (χ0n) is 9.17. The summed E-state index contributed by atoms with van der Waals surface area (Å²) in [7, 11) is 0. The van der Waals surface area contributed by atoms with Crippen LogP contribution in [0, 0.1) is 17.2 Å². The van der Waals surface area contributed by atoms with Gasteiger partial charge in [0, 0.05) is 24.0 Å². The summed E-state index contributed by atoms with van der Waals surface area (Å²) >= 11 is 0. The second kappa shape index (κ2) is 3.67. The van der Waals surface area contributed by atoms with Crippen LogP contribution in [-0.4, -0.2) is 23.0 Å². The van der Waals surface area contributed by atoms with E-state index in [1.807, 2.05) is 0 Å². The van der Waals surface area contributed by atoms with Gasteiger partial charge in [0.1, 0.15) is 0 Å². The summed E-state index contributed by atoms with van der Waals surface area (Å²) < 4.78 is 0. The second-order valence-electron chi connectivity index (χ2n) is 4.92. The number of hydrogen-bond acceptors (Lipinski definition) is 2. The lowest BCUT2D eigenvalue weighted by atomic mass is 9.82. The third-order valence-electron chi connectivity index (χ3n) is 3.05. The molecule has 1 heterocycles. The van der Waals surface area contributed by atoms with Gasteiger partial charge in [0.2, 0.25) is 0 Å². The highest BCUT2D eigenvalue weighted by molar-refractivity contribution is 4.97. The molecule has 0 spiro atoms. The molecule has 0 aromatic rings. The number of likely N-dealkylation sites (tertiary alicyclic amines) is 1. The fraction of sp³-hybridized carbons (Fsp3) is 0.909. The fourth-order valence-electron chi connectivity index (χ4n) is 2.49. The van der Waals surface area contributed by atoms with Crippen LogP contribution in [0.5, 0.6) is 0 Å². The number of piperidine rings is 1. The van der Waals surface area contributed by atoms with Crippen LogP contribution in [0.4, 0.5) is 0 Å². The van der Waals surface area contributed by atoms with Crippen molar-refractivity contribution in [3.63, 3.8) is 0 Å². The molecule has 0 amide bonds. The highest BCUT2D eigenvalue weighted by Gasteiger charge is 2.35. The van der Waals surface area contributed by atoms with Gasteiger partial charge in [0.15, 0.2) is 0 Å². The van der Waals surface area contributed by atoms with E-state index in [9.17, 15) is 0 Å². The van der Waals surface area contributed by atoms with Crippen molar-refractivity contribution in [1.82, 2.24) is 4.90 Å². The Morgan fingerprint density at radius 1 is 1.46 bits per heavy atom. The smallest absolute Gasteiger partial charge is 0.0657 e. The maximum absolute atomic E-state index is 8.88. The van der Waals surface area contributed by atoms with E-state index in [0.29, 0.717) is 6.04 Å². The van der Waals surface area contributed by atoms with E-state index in [1.54, 1.807) is 0 Å². The molecule has 0 aliphatic carbocycles. The molecule has 1 rings (SSSR count). The Morgan fingerprint density at radius 2 is 2.08 bits per heavy atom. The molecule has 2 nitrogen and oxygen atoms in total. The molecule has 1 atom stereocenters. The van der Waals surface area contributed by atoms with Gasteiger partial charge in [-0.1, -0.05) is 0 Å². The number of rotatable bonds is 1. The van der Waals surface area contributed by atoms with E-state index in [4.69, 9.17) is 5.26 Å². The Hall–Kier alpha value is -0.550. The van der Waals surface area contributed by atoms with Gasteiger partial charge in [-0.3, -0.25) is 4.90 Å². The minimum absolute atomic E-state index is 0.201. The topological polar surface area (TPSA) is 27.0 Å². The number of hydrogen-bond donors (Lipinski definition) is 0. The molecular formula is C11H20N2. The van der Waals surface area contributed by atoms with Crippen LogP contribution in [0.15, 0.2) is 0 Å². The Balaban J connectivity index is 2.68. The number of nitriles is 1. The van der Waals surface area contributed by atoms with E-state index in [1.165, 1.54) is 0 Å². The lowest BCUT2D eigenvalue weighted by Crippen LogP contribution is -2.52. The summed E-state index contributed by atoms with van der Waals surface area (Å²) in [4.78, 5) is 2.50. The van der Waals surface area contributed by atoms with Gasteiger partial charge < -0.3 is 0 Å². The predicted molar refractivity (Wildman–Crippen MR) is 54.3 cm³/mol. The normalized spacial score (nSPS) is 28.8. The molecule has 1 aliphatic rings. The largest absolute Gasteiger partial charge is 0.296 e. The van der Waals surface area contributed by atoms with Crippen molar-refractivity contribution in [1.29, 1.82) is 5.26 Å². The van der Waals surface area contributed by atoms with Crippen molar-refractivity contribution in [2.45, 2.75) is 52.1 Å². The Bertz CT molecular complexity index is 213. The molecule has 1 saturated heterocycles. The quantitative estimate of drug-likeness (QED) is 0.619. The first-order chi connectivity index (χ1) is 5.97. The van der Waals surface area contributed by atoms with Crippen molar-refractivity contribution in [2.24, 2.45) is 5.92 Å². The monoisotopic (exact) mass is 180 g/mol. The van der Waals surface area contributed by atoms with E-state index in [0.717, 1.165) is 19.4 Å². The first-order valence-electron chi connectivity index (χ1n) is 5.14. The van der Waals surface area contributed by atoms with E-state index in [2.05, 4.69) is 38.7 Å². The number of nitrogens with zero attached hydrogens (tertiary/aromatic N) is 2. The molecule has 1 fully saturated rings. The molecule has 2 heteroatoms. The van der Waals surface area contributed by atoms with Crippen LogP contribution >= 0.6 is 0 Å². The highest BCUT2D eigenvalue weighted by atomic mass is 15.2. The third kappa shape index (κ3) is 2.22. The predicted octanol–water partition coefficient (Wildman–Crippen LogP) is 2.41. The maximum atomic E-state index is 8.88. The van der Waals surface area contributed by atoms with Crippen molar-refractivity contribution in [3.8, 4) is 6.07 Å². The van der Waals surface area contributed by atoms with Gasteiger partial charge in [0.25, 0.3) is 0 Å². The fourth-order valence-corrected chi connectivity index (χ4v) is 2.49. The molecule has 13 heavy (non-hydrogen) atoms. The summed E-state index contributed by atoms with van der Waals surface area (Å²) in [5, 5.41) is 8.88. The molecule has 0 N–H and O–H groups in total. The van der Waals surface area contributed by atoms with Crippen molar-refractivity contribution >= 4 is 0 Å². The van der Waals surface area contributed by atoms with Crippen molar-refractivity contribution < 1.29 is 0 Å². The zero-order chi connectivity index (χ0) is 10.1. The Kier molecular flexibility index (Phi) is 2.98. The molecule has 1 unspecified atom stereocenters. The lowest BCUT2D eigenvalue weighted by molar-refractivity contribution is 0.0324. The van der Waals surface area contributed by atoms with Gasteiger partial charge in [-0.05, 0) is 40.5 Å².